The van der Waals surface area contributed by atoms with E-state index in [2.05, 4.69) is 43.7 Å². The molecule has 0 aromatic rings. The van der Waals surface area contributed by atoms with Crippen molar-refractivity contribution in [3.8, 4) is 6.07 Å². The molecule has 3 nitrogen and oxygen atoms in total. The van der Waals surface area contributed by atoms with E-state index in [0.29, 0.717) is 12.5 Å². The molecular formula is C13H25N3. The summed E-state index contributed by atoms with van der Waals surface area (Å²) in [7, 11) is 2.16. The van der Waals surface area contributed by atoms with Gasteiger partial charge >= 0.3 is 0 Å². The summed E-state index contributed by atoms with van der Waals surface area (Å²) in [6, 6.07) is 2.74. The molecule has 3 heteroatoms. The molecule has 1 atom stereocenters. The summed E-state index contributed by atoms with van der Waals surface area (Å²) in [5.41, 5.74) is 0.198. The third-order valence-corrected chi connectivity index (χ3v) is 3.48. The Bertz CT molecular complexity index is 254. The Morgan fingerprint density at radius 1 is 1.44 bits per heavy atom. The van der Waals surface area contributed by atoms with Crippen LogP contribution in [0, 0.1) is 11.3 Å². The monoisotopic (exact) mass is 223 g/mol. The van der Waals surface area contributed by atoms with Gasteiger partial charge in [-0.2, -0.15) is 5.26 Å². The van der Waals surface area contributed by atoms with Crippen LogP contribution in [0.5, 0.6) is 0 Å². The third-order valence-electron chi connectivity index (χ3n) is 3.48. The average molecular weight is 223 g/mol. The van der Waals surface area contributed by atoms with Crippen LogP contribution in [-0.4, -0.2) is 48.1 Å². The van der Waals surface area contributed by atoms with Crippen molar-refractivity contribution in [3.05, 3.63) is 0 Å². The number of likely N-dealkylation sites (N-methyl/N-ethyl adjacent to an activating group) is 1. The molecule has 1 unspecified atom stereocenters. The largest absolute Gasteiger partial charge is 0.303 e. The first kappa shape index (κ1) is 13.5. The summed E-state index contributed by atoms with van der Waals surface area (Å²) in [6.45, 7) is 10.1. The van der Waals surface area contributed by atoms with Crippen molar-refractivity contribution in [1.29, 1.82) is 5.26 Å². The molecule has 0 N–H and O–H groups in total. The first-order valence-electron chi connectivity index (χ1n) is 6.33. The fourth-order valence-electron chi connectivity index (χ4n) is 2.86. The van der Waals surface area contributed by atoms with Gasteiger partial charge in [-0.05, 0) is 33.9 Å². The molecule has 1 fully saturated rings. The molecule has 92 valence electrons. The topological polar surface area (TPSA) is 30.3 Å². The highest BCUT2D eigenvalue weighted by atomic mass is 15.3. The molecule has 0 spiro atoms. The Morgan fingerprint density at radius 2 is 2.12 bits per heavy atom. The van der Waals surface area contributed by atoms with E-state index in [1.807, 2.05) is 0 Å². The summed E-state index contributed by atoms with van der Waals surface area (Å²) in [6.07, 6.45) is 3.11. The highest BCUT2D eigenvalue weighted by Gasteiger charge is 2.37. The molecule has 0 bridgehead atoms. The second kappa shape index (κ2) is 5.65. The van der Waals surface area contributed by atoms with Crippen LogP contribution in [0.4, 0.5) is 0 Å². The molecule has 16 heavy (non-hydrogen) atoms. The van der Waals surface area contributed by atoms with Gasteiger partial charge < -0.3 is 4.90 Å². The van der Waals surface area contributed by atoms with Crippen LogP contribution in [-0.2, 0) is 0 Å². The minimum absolute atomic E-state index is 0.198. The van der Waals surface area contributed by atoms with E-state index in [4.69, 9.17) is 5.26 Å². The summed E-state index contributed by atoms with van der Waals surface area (Å²) in [5.74, 6) is 0. The predicted octanol–water partition coefficient (Wildman–Crippen LogP) is 2.09. The summed E-state index contributed by atoms with van der Waals surface area (Å²) < 4.78 is 0. The SMILES string of the molecule is CCCCN1C(CC#N)CN(C)CC1(C)C. The molecule has 0 amide bonds. The van der Waals surface area contributed by atoms with Crippen LogP contribution < -0.4 is 0 Å². The van der Waals surface area contributed by atoms with Crippen LogP contribution in [0.2, 0.25) is 0 Å². The molecule has 1 saturated heterocycles. The van der Waals surface area contributed by atoms with Crippen molar-refractivity contribution in [2.24, 2.45) is 0 Å². The van der Waals surface area contributed by atoms with E-state index >= 15 is 0 Å². The molecule has 1 rings (SSSR count). The smallest absolute Gasteiger partial charge is 0.0638 e. The lowest BCUT2D eigenvalue weighted by Crippen LogP contribution is -2.63. The number of nitrogens with zero attached hydrogens (tertiary/aromatic N) is 3. The Labute approximate surface area is 100 Å². The Hall–Kier alpha value is -0.590. The van der Waals surface area contributed by atoms with Crippen molar-refractivity contribution in [3.63, 3.8) is 0 Å². The molecule has 1 heterocycles. The number of hydrogen-bond donors (Lipinski definition) is 0. The van der Waals surface area contributed by atoms with Crippen LogP contribution in [0.3, 0.4) is 0 Å². The minimum Gasteiger partial charge on any atom is -0.303 e. The molecule has 0 aliphatic carbocycles. The molecule has 1 aliphatic rings. The molecule has 0 saturated carbocycles. The molecular weight excluding hydrogens is 198 g/mol. The van der Waals surface area contributed by atoms with Gasteiger partial charge in [0, 0.05) is 24.7 Å². The fraction of sp³-hybridized carbons (Fsp3) is 0.923. The molecule has 0 aromatic heterocycles. The first-order valence-corrected chi connectivity index (χ1v) is 6.33. The van der Waals surface area contributed by atoms with Crippen LogP contribution >= 0.6 is 0 Å². The zero-order valence-electron chi connectivity index (χ0n) is 11.2. The van der Waals surface area contributed by atoms with Crippen LogP contribution in [0.15, 0.2) is 0 Å². The molecule has 0 radical (unpaired) electrons. The lowest BCUT2D eigenvalue weighted by Gasteiger charge is -2.50. The standard InChI is InChI=1S/C13H25N3/c1-5-6-9-16-12(7-8-14)10-15(4)11-13(16,2)3/h12H,5-7,9-11H2,1-4H3. The zero-order valence-corrected chi connectivity index (χ0v) is 11.2. The first-order chi connectivity index (χ1) is 7.51. The van der Waals surface area contributed by atoms with E-state index in [1.165, 1.54) is 12.8 Å². The number of hydrogen-bond acceptors (Lipinski definition) is 3. The summed E-state index contributed by atoms with van der Waals surface area (Å²) in [4.78, 5) is 4.89. The molecule has 1 aliphatic heterocycles. The maximum absolute atomic E-state index is 8.92. The van der Waals surface area contributed by atoms with Crippen molar-refractivity contribution < 1.29 is 0 Å². The predicted molar refractivity (Wildman–Crippen MR) is 67.2 cm³/mol. The highest BCUT2D eigenvalue weighted by molar-refractivity contribution is 4.97. The van der Waals surface area contributed by atoms with E-state index in [0.717, 1.165) is 19.6 Å². The van der Waals surface area contributed by atoms with E-state index in [-0.39, 0.29) is 5.54 Å². The highest BCUT2D eigenvalue weighted by Crippen LogP contribution is 2.26. The van der Waals surface area contributed by atoms with E-state index in [9.17, 15) is 0 Å². The summed E-state index contributed by atoms with van der Waals surface area (Å²) >= 11 is 0. The van der Waals surface area contributed by atoms with Crippen LogP contribution in [0.25, 0.3) is 0 Å². The van der Waals surface area contributed by atoms with Gasteiger partial charge in [-0.15, -0.1) is 0 Å². The van der Waals surface area contributed by atoms with Crippen LogP contribution in [0.1, 0.15) is 40.0 Å². The zero-order chi connectivity index (χ0) is 12.2. The fourth-order valence-corrected chi connectivity index (χ4v) is 2.86. The Morgan fingerprint density at radius 3 is 2.69 bits per heavy atom. The number of unbranched alkanes of at least 4 members (excludes halogenated alkanes) is 1. The normalized spacial score (nSPS) is 26.6. The van der Waals surface area contributed by atoms with Gasteiger partial charge in [0.25, 0.3) is 0 Å². The van der Waals surface area contributed by atoms with Gasteiger partial charge in [0.2, 0.25) is 0 Å². The van der Waals surface area contributed by atoms with Gasteiger partial charge in [0.1, 0.15) is 0 Å². The Balaban J connectivity index is 2.73. The maximum Gasteiger partial charge on any atom is 0.0638 e. The van der Waals surface area contributed by atoms with Gasteiger partial charge in [0.05, 0.1) is 12.5 Å². The third kappa shape index (κ3) is 3.20. The van der Waals surface area contributed by atoms with Crippen molar-refractivity contribution in [2.45, 2.75) is 51.6 Å². The second-order valence-electron chi connectivity index (χ2n) is 5.57. The van der Waals surface area contributed by atoms with E-state index < -0.39 is 0 Å². The average Bonchev–Trinajstić information content (AvgIpc) is 2.15. The summed E-state index contributed by atoms with van der Waals surface area (Å²) in [5, 5.41) is 8.92. The quantitative estimate of drug-likeness (QED) is 0.731. The van der Waals surface area contributed by atoms with Crippen molar-refractivity contribution in [1.82, 2.24) is 9.80 Å². The second-order valence-corrected chi connectivity index (χ2v) is 5.57. The van der Waals surface area contributed by atoms with Crippen molar-refractivity contribution in [2.75, 3.05) is 26.7 Å². The van der Waals surface area contributed by atoms with Gasteiger partial charge in [-0.25, -0.2) is 0 Å². The number of nitriles is 1. The van der Waals surface area contributed by atoms with Gasteiger partial charge in [-0.3, -0.25) is 4.90 Å². The van der Waals surface area contributed by atoms with Gasteiger partial charge in [0.15, 0.2) is 0 Å². The van der Waals surface area contributed by atoms with Crippen molar-refractivity contribution >= 4 is 0 Å². The number of rotatable bonds is 4. The molecule has 0 aromatic carbocycles. The van der Waals surface area contributed by atoms with E-state index in [1.54, 1.807) is 0 Å². The van der Waals surface area contributed by atoms with Gasteiger partial charge in [-0.1, -0.05) is 13.3 Å². The number of piperazine rings is 1. The minimum atomic E-state index is 0.198. The lowest BCUT2D eigenvalue weighted by atomic mass is 9.93. The maximum atomic E-state index is 8.92. The Kier molecular flexibility index (Phi) is 4.76. The lowest BCUT2D eigenvalue weighted by molar-refractivity contribution is -0.0147.